The Morgan fingerprint density at radius 3 is 2.52 bits per heavy atom. The van der Waals surface area contributed by atoms with Gasteiger partial charge >= 0.3 is 0 Å². The number of furan rings is 1. The van der Waals surface area contributed by atoms with E-state index < -0.39 is 0 Å². The van der Waals surface area contributed by atoms with Crippen LogP contribution in [0.1, 0.15) is 54.9 Å². The van der Waals surface area contributed by atoms with E-state index in [2.05, 4.69) is 88.9 Å². The number of benzene rings is 2. The fourth-order valence-corrected chi connectivity index (χ4v) is 5.16. The summed E-state index contributed by atoms with van der Waals surface area (Å²) in [5.74, 6) is 0.385. The zero-order valence-corrected chi connectivity index (χ0v) is 21.3. The molecule has 0 aliphatic carbocycles. The number of anilines is 1. The minimum atomic E-state index is -0.0299. The van der Waals surface area contributed by atoms with Crippen molar-refractivity contribution in [1.82, 2.24) is 4.90 Å². The topological polar surface area (TPSA) is 36.7 Å². The molecule has 2 heterocycles. The highest BCUT2D eigenvalue weighted by Crippen LogP contribution is 2.35. The Hall–Kier alpha value is -2.66. The van der Waals surface area contributed by atoms with Gasteiger partial charge in [0.05, 0.1) is 0 Å². The first-order chi connectivity index (χ1) is 15.6. The number of rotatable bonds is 4. The summed E-state index contributed by atoms with van der Waals surface area (Å²) < 4.78 is 6.00. The first-order valence-electron chi connectivity index (χ1n) is 11.6. The molecule has 2 aromatic carbocycles. The molecule has 174 valence electrons. The summed E-state index contributed by atoms with van der Waals surface area (Å²) in [6, 6.07) is 19.1. The summed E-state index contributed by atoms with van der Waals surface area (Å²) in [5.41, 5.74) is 5.06. The van der Waals surface area contributed by atoms with Crippen molar-refractivity contribution in [3.63, 3.8) is 0 Å². The smallest absolute Gasteiger partial charge is 0.289 e. The lowest BCUT2D eigenvalue weighted by Gasteiger charge is -2.41. The number of hydrogen-bond acceptors (Lipinski definition) is 4. The molecule has 4 rings (SSSR count). The van der Waals surface area contributed by atoms with Crippen LogP contribution >= 0.6 is 11.8 Å². The number of carbonyl (C=O) groups excluding carboxylic acids is 1. The van der Waals surface area contributed by atoms with E-state index in [1.165, 1.54) is 22.4 Å². The molecule has 1 unspecified atom stereocenters. The number of nitrogens with zero attached hydrogens (tertiary/aromatic N) is 2. The van der Waals surface area contributed by atoms with E-state index in [1.54, 1.807) is 11.8 Å². The molecule has 33 heavy (non-hydrogen) atoms. The molecule has 1 amide bonds. The van der Waals surface area contributed by atoms with Gasteiger partial charge in [0.1, 0.15) is 0 Å². The Balaban J connectivity index is 1.44. The van der Waals surface area contributed by atoms with E-state index in [4.69, 9.17) is 4.42 Å². The molecule has 5 heteroatoms. The summed E-state index contributed by atoms with van der Waals surface area (Å²) in [6.07, 6.45) is 0. The Bertz CT molecular complexity index is 1140. The van der Waals surface area contributed by atoms with Crippen molar-refractivity contribution in [1.29, 1.82) is 0 Å². The second-order valence-corrected chi connectivity index (χ2v) is 11.1. The first-order valence-corrected chi connectivity index (χ1v) is 12.4. The Morgan fingerprint density at radius 2 is 1.82 bits per heavy atom. The van der Waals surface area contributed by atoms with Crippen LogP contribution in [0.2, 0.25) is 0 Å². The number of amides is 1. The zero-order valence-electron chi connectivity index (χ0n) is 20.5. The van der Waals surface area contributed by atoms with Gasteiger partial charge in [-0.05, 0) is 73.2 Å². The molecule has 1 fully saturated rings. The molecule has 1 aliphatic heterocycles. The van der Waals surface area contributed by atoms with Crippen LogP contribution in [0.15, 0.2) is 69.0 Å². The summed E-state index contributed by atoms with van der Waals surface area (Å²) >= 11 is 1.58. The van der Waals surface area contributed by atoms with E-state index >= 15 is 0 Å². The molecule has 1 saturated heterocycles. The Kier molecular flexibility index (Phi) is 6.62. The third-order valence-electron chi connectivity index (χ3n) is 6.30. The van der Waals surface area contributed by atoms with E-state index in [0.717, 1.165) is 16.5 Å². The van der Waals surface area contributed by atoms with Gasteiger partial charge in [0.15, 0.2) is 10.9 Å². The molecule has 1 aromatic heterocycles. The second kappa shape index (κ2) is 9.30. The van der Waals surface area contributed by atoms with Crippen molar-refractivity contribution in [2.75, 3.05) is 24.5 Å². The van der Waals surface area contributed by atoms with Crippen LogP contribution < -0.4 is 4.90 Å². The fraction of sp³-hybridized carbons (Fsp3) is 0.393. The normalized spacial score (nSPS) is 16.8. The van der Waals surface area contributed by atoms with Crippen LogP contribution in [0.5, 0.6) is 0 Å². The van der Waals surface area contributed by atoms with Gasteiger partial charge in [-0.2, -0.15) is 0 Å². The fourth-order valence-electron chi connectivity index (χ4n) is 4.26. The molecule has 3 aromatic rings. The maximum atomic E-state index is 13.2. The minimum Gasteiger partial charge on any atom is -0.444 e. The quantitative estimate of drug-likeness (QED) is 0.432. The van der Waals surface area contributed by atoms with Crippen LogP contribution in [-0.4, -0.2) is 36.5 Å². The van der Waals surface area contributed by atoms with Gasteiger partial charge in [0.25, 0.3) is 5.91 Å². The predicted molar refractivity (Wildman–Crippen MR) is 137 cm³/mol. The van der Waals surface area contributed by atoms with Gasteiger partial charge < -0.3 is 14.2 Å². The maximum absolute atomic E-state index is 13.2. The van der Waals surface area contributed by atoms with E-state index in [0.29, 0.717) is 18.8 Å². The van der Waals surface area contributed by atoms with Gasteiger partial charge in [0, 0.05) is 36.3 Å². The monoisotopic (exact) mass is 462 g/mol. The van der Waals surface area contributed by atoms with Crippen molar-refractivity contribution in [2.24, 2.45) is 0 Å². The maximum Gasteiger partial charge on any atom is 0.289 e. The SMILES string of the molecule is Cc1cccc(N2CCN(C(=O)c3ccc(Sc4cc(C(C)(C)C)ccc4C)o3)CC2C)c1. The second-order valence-electron chi connectivity index (χ2n) is 10.1. The average Bonchev–Trinajstić information content (AvgIpc) is 3.22. The van der Waals surface area contributed by atoms with Crippen LogP contribution in [0, 0.1) is 13.8 Å². The number of carbonyl (C=O) groups is 1. The highest BCUT2D eigenvalue weighted by atomic mass is 32.2. The molecule has 0 spiro atoms. The lowest BCUT2D eigenvalue weighted by molar-refractivity contribution is 0.0689. The summed E-state index contributed by atoms with van der Waals surface area (Å²) in [4.78, 5) is 18.6. The largest absolute Gasteiger partial charge is 0.444 e. The number of aryl methyl sites for hydroxylation is 2. The highest BCUT2D eigenvalue weighted by Gasteiger charge is 2.29. The van der Waals surface area contributed by atoms with Crippen LogP contribution in [-0.2, 0) is 5.41 Å². The molecule has 1 atom stereocenters. The molecule has 0 radical (unpaired) electrons. The number of hydrogen-bond donors (Lipinski definition) is 0. The van der Waals surface area contributed by atoms with Crippen molar-refractivity contribution in [3.8, 4) is 0 Å². The van der Waals surface area contributed by atoms with Gasteiger partial charge in [-0.3, -0.25) is 4.79 Å². The molecule has 0 saturated carbocycles. The average molecular weight is 463 g/mol. The molecule has 1 aliphatic rings. The van der Waals surface area contributed by atoms with Crippen LogP contribution in [0.4, 0.5) is 5.69 Å². The van der Waals surface area contributed by atoms with Gasteiger partial charge in [0.2, 0.25) is 0 Å². The van der Waals surface area contributed by atoms with Crippen LogP contribution in [0.3, 0.4) is 0 Å². The predicted octanol–water partition coefficient (Wildman–Crippen LogP) is 6.70. The zero-order chi connectivity index (χ0) is 23.8. The van der Waals surface area contributed by atoms with Crippen molar-refractivity contribution in [3.05, 3.63) is 77.0 Å². The third-order valence-corrected chi connectivity index (χ3v) is 7.39. The molecule has 4 nitrogen and oxygen atoms in total. The van der Waals surface area contributed by atoms with Crippen LogP contribution in [0.25, 0.3) is 0 Å². The first kappa shape index (κ1) is 23.5. The lowest BCUT2D eigenvalue weighted by atomic mass is 9.87. The minimum absolute atomic E-state index is 0.0299. The van der Waals surface area contributed by atoms with E-state index in [-0.39, 0.29) is 17.4 Å². The van der Waals surface area contributed by atoms with E-state index in [1.807, 2.05) is 17.0 Å². The van der Waals surface area contributed by atoms with Gasteiger partial charge in [-0.1, -0.05) is 56.8 Å². The highest BCUT2D eigenvalue weighted by molar-refractivity contribution is 7.99. The van der Waals surface area contributed by atoms with E-state index in [9.17, 15) is 4.79 Å². The van der Waals surface area contributed by atoms with Gasteiger partial charge in [-0.25, -0.2) is 0 Å². The molecule has 0 bridgehead atoms. The van der Waals surface area contributed by atoms with Gasteiger partial charge in [-0.15, -0.1) is 0 Å². The van der Waals surface area contributed by atoms with Crippen molar-refractivity contribution >= 4 is 23.4 Å². The standard InChI is InChI=1S/C28H34N2O2S/c1-19-8-7-9-23(16-19)30-15-14-29(18-21(30)3)27(31)24-12-13-26(32-24)33-25-17-22(28(4,5)6)11-10-20(25)2/h7-13,16-17,21H,14-15,18H2,1-6H3. The Labute approximate surface area is 202 Å². The lowest BCUT2D eigenvalue weighted by Crippen LogP contribution is -2.53. The van der Waals surface area contributed by atoms with Crippen molar-refractivity contribution < 1.29 is 9.21 Å². The third kappa shape index (κ3) is 5.30. The molecular formula is C28H34N2O2S. The Morgan fingerprint density at radius 1 is 1.03 bits per heavy atom. The van der Waals surface area contributed by atoms with Crippen molar-refractivity contribution in [2.45, 2.75) is 63.0 Å². The summed E-state index contributed by atoms with van der Waals surface area (Å²) in [6.45, 7) is 15.2. The number of piperazine rings is 1. The molecule has 0 N–H and O–H groups in total. The molecular weight excluding hydrogens is 428 g/mol. The summed E-state index contributed by atoms with van der Waals surface area (Å²) in [5, 5.41) is 0.749. The summed E-state index contributed by atoms with van der Waals surface area (Å²) in [7, 11) is 0.